The van der Waals surface area contributed by atoms with Crippen LogP contribution in [-0.2, 0) is 4.79 Å². The molecular weight excluding hydrogens is 314 g/mol. The van der Waals surface area contributed by atoms with Crippen LogP contribution in [0.25, 0.3) is 10.9 Å². The monoisotopic (exact) mass is 327 g/mol. The maximum absolute atomic E-state index is 11.6. The molecule has 0 fully saturated rings. The van der Waals surface area contributed by atoms with Gasteiger partial charge in [0, 0.05) is 36.5 Å². The number of benzene rings is 1. The summed E-state index contributed by atoms with van der Waals surface area (Å²) in [5, 5.41) is 14.6. The fraction of sp³-hybridized carbons (Fsp3) is 0.118. The quantitative estimate of drug-likeness (QED) is 0.774. The van der Waals surface area contributed by atoms with Gasteiger partial charge in [0.05, 0.1) is 11.1 Å². The number of phenols is 1. The number of hydrogen-bond acceptors (Lipinski definition) is 4. The number of aromatic nitrogens is 2. The van der Waals surface area contributed by atoms with E-state index in [2.05, 4.69) is 15.3 Å². The van der Waals surface area contributed by atoms with E-state index < -0.39 is 6.04 Å². The second-order valence-electron chi connectivity index (χ2n) is 5.12. The van der Waals surface area contributed by atoms with Crippen LogP contribution in [0.15, 0.2) is 48.9 Å². The van der Waals surface area contributed by atoms with E-state index >= 15 is 0 Å². The SMILES string of the molecule is CC(=O)NC(c1cccnc1)c1cc(Cl)c2cccnc2c1O. The topological polar surface area (TPSA) is 75.1 Å². The van der Waals surface area contributed by atoms with Crippen LogP contribution in [0.4, 0.5) is 0 Å². The lowest BCUT2D eigenvalue weighted by atomic mass is 9.97. The van der Waals surface area contributed by atoms with E-state index in [9.17, 15) is 9.90 Å². The molecule has 0 radical (unpaired) electrons. The number of hydrogen-bond donors (Lipinski definition) is 2. The van der Waals surface area contributed by atoms with Gasteiger partial charge in [0.15, 0.2) is 0 Å². The molecule has 23 heavy (non-hydrogen) atoms. The van der Waals surface area contributed by atoms with Crippen molar-refractivity contribution in [3.8, 4) is 5.75 Å². The van der Waals surface area contributed by atoms with Gasteiger partial charge in [-0.15, -0.1) is 0 Å². The first kappa shape index (κ1) is 15.2. The van der Waals surface area contributed by atoms with Crippen LogP contribution in [0.3, 0.4) is 0 Å². The van der Waals surface area contributed by atoms with Crippen molar-refractivity contribution in [1.82, 2.24) is 15.3 Å². The maximum Gasteiger partial charge on any atom is 0.217 e. The van der Waals surface area contributed by atoms with Crippen LogP contribution >= 0.6 is 11.6 Å². The number of nitrogens with zero attached hydrogens (tertiary/aromatic N) is 2. The third-order valence-corrected chi connectivity index (χ3v) is 3.83. The van der Waals surface area contributed by atoms with Crippen LogP contribution in [0.2, 0.25) is 5.02 Å². The number of aromatic hydroxyl groups is 1. The Hall–Kier alpha value is -2.66. The van der Waals surface area contributed by atoms with Crippen molar-refractivity contribution >= 4 is 28.4 Å². The highest BCUT2D eigenvalue weighted by Gasteiger charge is 2.22. The standard InChI is InChI=1S/C17H14ClN3O2/c1-10(22)21-15(11-4-2-6-19-9-11)13-8-14(18)12-5-3-7-20-16(12)17(13)23/h2-9,15,23H,1H3,(H,21,22). The first-order chi connectivity index (χ1) is 11.1. The summed E-state index contributed by atoms with van der Waals surface area (Å²) < 4.78 is 0. The number of phenolic OH excluding ortho intramolecular Hbond substituents is 1. The molecule has 0 aliphatic heterocycles. The van der Waals surface area contributed by atoms with Gasteiger partial charge >= 0.3 is 0 Å². The molecule has 1 aromatic carbocycles. The number of amides is 1. The average Bonchev–Trinajstić information content (AvgIpc) is 2.57. The van der Waals surface area contributed by atoms with Gasteiger partial charge in [-0.05, 0) is 29.8 Å². The van der Waals surface area contributed by atoms with Gasteiger partial charge in [0.25, 0.3) is 0 Å². The zero-order chi connectivity index (χ0) is 16.4. The molecule has 1 amide bonds. The summed E-state index contributed by atoms with van der Waals surface area (Å²) >= 11 is 6.32. The molecular formula is C17H14ClN3O2. The summed E-state index contributed by atoms with van der Waals surface area (Å²) in [7, 11) is 0. The normalized spacial score (nSPS) is 12.1. The average molecular weight is 328 g/mol. The number of rotatable bonds is 3. The predicted octanol–water partition coefficient (Wildman–Crippen LogP) is 3.21. The number of fused-ring (bicyclic) bond motifs is 1. The minimum absolute atomic E-state index is 0.00685. The van der Waals surface area contributed by atoms with E-state index in [-0.39, 0.29) is 11.7 Å². The van der Waals surface area contributed by atoms with Crippen molar-refractivity contribution in [3.05, 3.63) is 65.1 Å². The smallest absolute Gasteiger partial charge is 0.217 e. The zero-order valence-corrected chi connectivity index (χ0v) is 13.1. The summed E-state index contributed by atoms with van der Waals surface area (Å²) in [6.07, 6.45) is 4.86. The molecule has 0 spiro atoms. The lowest BCUT2D eigenvalue weighted by Gasteiger charge is -2.20. The highest BCUT2D eigenvalue weighted by Crippen LogP contribution is 2.38. The van der Waals surface area contributed by atoms with Crippen molar-refractivity contribution in [2.24, 2.45) is 0 Å². The molecule has 3 rings (SSSR count). The fourth-order valence-corrected chi connectivity index (χ4v) is 2.79. The van der Waals surface area contributed by atoms with Crippen LogP contribution in [0.5, 0.6) is 5.75 Å². The van der Waals surface area contributed by atoms with Gasteiger partial charge in [-0.25, -0.2) is 0 Å². The van der Waals surface area contributed by atoms with Gasteiger partial charge in [0.1, 0.15) is 11.3 Å². The number of nitrogens with one attached hydrogen (secondary N) is 1. The summed E-state index contributed by atoms with van der Waals surface area (Å²) in [5.74, 6) is -0.233. The summed E-state index contributed by atoms with van der Waals surface area (Å²) in [5.41, 5.74) is 1.61. The zero-order valence-electron chi connectivity index (χ0n) is 12.3. The van der Waals surface area contributed by atoms with E-state index in [0.717, 1.165) is 5.56 Å². The summed E-state index contributed by atoms with van der Waals surface area (Å²) in [6, 6.07) is 8.20. The summed E-state index contributed by atoms with van der Waals surface area (Å²) in [6.45, 7) is 1.42. The largest absolute Gasteiger partial charge is 0.505 e. The maximum atomic E-state index is 11.6. The van der Waals surface area contributed by atoms with E-state index in [1.807, 2.05) is 6.07 Å². The predicted molar refractivity (Wildman–Crippen MR) is 88.3 cm³/mol. The highest BCUT2D eigenvalue weighted by molar-refractivity contribution is 6.35. The molecule has 2 aromatic heterocycles. The van der Waals surface area contributed by atoms with Crippen molar-refractivity contribution in [1.29, 1.82) is 0 Å². The molecule has 0 bridgehead atoms. The van der Waals surface area contributed by atoms with E-state index in [1.165, 1.54) is 6.92 Å². The molecule has 2 N–H and O–H groups in total. The number of carbonyl (C=O) groups is 1. The van der Waals surface area contributed by atoms with E-state index in [0.29, 0.717) is 21.5 Å². The fourth-order valence-electron chi connectivity index (χ4n) is 2.52. The molecule has 0 saturated heterocycles. The van der Waals surface area contributed by atoms with Gasteiger partial charge in [-0.3, -0.25) is 14.8 Å². The number of halogens is 1. The minimum atomic E-state index is -0.565. The Morgan fingerprint density at radius 3 is 2.78 bits per heavy atom. The third kappa shape index (κ3) is 2.96. The van der Waals surface area contributed by atoms with Gasteiger partial charge < -0.3 is 10.4 Å². The van der Waals surface area contributed by atoms with Crippen molar-refractivity contribution < 1.29 is 9.90 Å². The van der Waals surface area contributed by atoms with E-state index in [1.54, 1.807) is 42.9 Å². The van der Waals surface area contributed by atoms with Crippen LogP contribution in [0, 0.1) is 0 Å². The van der Waals surface area contributed by atoms with Crippen LogP contribution in [-0.4, -0.2) is 21.0 Å². The van der Waals surface area contributed by atoms with Crippen molar-refractivity contribution in [2.45, 2.75) is 13.0 Å². The van der Waals surface area contributed by atoms with Crippen LogP contribution in [0.1, 0.15) is 24.1 Å². The minimum Gasteiger partial charge on any atom is -0.505 e. The van der Waals surface area contributed by atoms with Gasteiger partial charge in [-0.2, -0.15) is 0 Å². The van der Waals surface area contributed by atoms with Crippen molar-refractivity contribution in [2.75, 3.05) is 0 Å². The molecule has 2 heterocycles. The van der Waals surface area contributed by atoms with Crippen LogP contribution < -0.4 is 5.32 Å². The number of carbonyl (C=O) groups excluding carboxylic acids is 1. The lowest BCUT2D eigenvalue weighted by molar-refractivity contribution is -0.119. The second-order valence-corrected chi connectivity index (χ2v) is 5.52. The third-order valence-electron chi connectivity index (χ3n) is 3.52. The molecule has 1 atom stereocenters. The Kier molecular flexibility index (Phi) is 4.12. The van der Waals surface area contributed by atoms with E-state index in [4.69, 9.17) is 11.6 Å². The Balaban J connectivity index is 2.22. The molecule has 0 aliphatic carbocycles. The van der Waals surface area contributed by atoms with Crippen molar-refractivity contribution in [3.63, 3.8) is 0 Å². The molecule has 0 saturated carbocycles. The van der Waals surface area contributed by atoms with Gasteiger partial charge in [-0.1, -0.05) is 17.7 Å². The molecule has 1 unspecified atom stereocenters. The Labute approximate surface area is 138 Å². The molecule has 0 aliphatic rings. The number of pyridine rings is 2. The highest BCUT2D eigenvalue weighted by atomic mass is 35.5. The molecule has 6 heteroatoms. The summed E-state index contributed by atoms with van der Waals surface area (Å²) in [4.78, 5) is 19.9. The Morgan fingerprint density at radius 1 is 1.30 bits per heavy atom. The Morgan fingerprint density at radius 2 is 2.09 bits per heavy atom. The lowest BCUT2D eigenvalue weighted by Crippen LogP contribution is -2.27. The molecule has 116 valence electrons. The first-order valence-corrected chi connectivity index (χ1v) is 7.39. The Bertz CT molecular complexity index is 868. The second kappa shape index (κ2) is 6.22. The first-order valence-electron chi connectivity index (χ1n) is 7.01. The van der Waals surface area contributed by atoms with Gasteiger partial charge in [0.2, 0.25) is 5.91 Å². The molecule has 3 aromatic rings. The molecule has 5 nitrogen and oxygen atoms in total.